The molecule has 1 aliphatic heterocycles. The van der Waals surface area contributed by atoms with Crippen molar-refractivity contribution in [1.82, 2.24) is 10.2 Å². The summed E-state index contributed by atoms with van der Waals surface area (Å²) in [6.07, 6.45) is 2.76. The molecule has 0 aromatic rings. The van der Waals surface area contributed by atoms with E-state index in [1.165, 1.54) is 32.5 Å². The first-order chi connectivity index (χ1) is 7.74. The maximum absolute atomic E-state index is 3.53. The molecule has 0 aromatic heterocycles. The maximum Gasteiger partial charge on any atom is 0.00792 e. The van der Waals surface area contributed by atoms with E-state index < -0.39 is 0 Å². The summed E-state index contributed by atoms with van der Waals surface area (Å²) in [6, 6.07) is 0.716. The van der Waals surface area contributed by atoms with Crippen LogP contribution in [0, 0.1) is 5.92 Å². The van der Waals surface area contributed by atoms with E-state index in [1.54, 1.807) is 0 Å². The lowest BCUT2D eigenvalue weighted by Crippen LogP contribution is -2.43. The fourth-order valence-corrected chi connectivity index (χ4v) is 1.89. The van der Waals surface area contributed by atoms with Crippen LogP contribution >= 0.6 is 0 Å². The predicted octanol–water partition coefficient (Wildman–Crippen LogP) is 3.38. The maximum atomic E-state index is 3.53. The molecule has 2 heteroatoms. The summed E-state index contributed by atoms with van der Waals surface area (Å²) in [5.74, 6) is 0.865. The van der Waals surface area contributed by atoms with Gasteiger partial charge in [-0.3, -0.25) is 0 Å². The fraction of sp³-hybridized carbons (Fsp3) is 1.00. The Balaban J connectivity index is 0. The zero-order valence-corrected chi connectivity index (χ0v) is 12.6. The molecule has 1 heterocycles. The van der Waals surface area contributed by atoms with Crippen LogP contribution in [-0.2, 0) is 0 Å². The van der Waals surface area contributed by atoms with Crippen LogP contribution in [0.15, 0.2) is 0 Å². The third-order valence-corrected chi connectivity index (χ3v) is 3.01. The largest absolute Gasteiger partial charge is 0.314 e. The summed E-state index contributed by atoms with van der Waals surface area (Å²) in [6.45, 7) is 16.2. The molecule has 1 N–H and O–H groups in total. The first-order valence-corrected chi connectivity index (χ1v) is 7.16. The zero-order valence-electron chi connectivity index (χ0n) is 12.6. The number of hydrogen-bond acceptors (Lipinski definition) is 2. The molecule has 1 saturated heterocycles. The Labute approximate surface area is 104 Å². The van der Waals surface area contributed by atoms with Gasteiger partial charge in [0.25, 0.3) is 0 Å². The molecule has 0 aromatic carbocycles. The van der Waals surface area contributed by atoms with Crippen LogP contribution < -0.4 is 5.32 Å². The van der Waals surface area contributed by atoms with Gasteiger partial charge in [0.15, 0.2) is 0 Å². The van der Waals surface area contributed by atoms with E-state index in [0.717, 1.165) is 5.92 Å². The summed E-state index contributed by atoms with van der Waals surface area (Å²) in [5, 5.41) is 3.53. The van der Waals surface area contributed by atoms with Gasteiger partial charge in [0, 0.05) is 12.6 Å². The van der Waals surface area contributed by atoms with Gasteiger partial charge in [0.1, 0.15) is 0 Å². The minimum absolute atomic E-state index is 0.716. The second-order valence-electron chi connectivity index (χ2n) is 4.00. The monoisotopic (exact) mass is 230 g/mol. The van der Waals surface area contributed by atoms with Gasteiger partial charge in [-0.1, -0.05) is 34.6 Å². The summed E-state index contributed by atoms with van der Waals surface area (Å²) < 4.78 is 0. The number of hydrogen-bond donors (Lipinski definition) is 1. The molecular formula is C14H34N2. The lowest BCUT2D eigenvalue weighted by Gasteiger charge is -2.32. The molecule has 1 rings (SSSR count). The van der Waals surface area contributed by atoms with Crippen molar-refractivity contribution < 1.29 is 0 Å². The van der Waals surface area contributed by atoms with Crippen LogP contribution in [0.25, 0.3) is 0 Å². The van der Waals surface area contributed by atoms with Gasteiger partial charge >= 0.3 is 0 Å². The van der Waals surface area contributed by atoms with E-state index >= 15 is 0 Å². The van der Waals surface area contributed by atoms with Crippen molar-refractivity contribution in [3.05, 3.63) is 0 Å². The van der Waals surface area contributed by atoms with E-state index in [0.29, 0.717) is 6.04 Å². The summed E-state index contributed by atoms with van der Waals surface area (Å²) in [4.78, 5) is 2.41. The number of piperidine rings is 1. The van der Waals surface area contributed by atoms with Gasteiger partial charge in [0.05, 0.1) is 0 Å². The fourth-order valence-electron chi connectivity index (χ4n) is 1.89. The second-order valence-corrected chi connectivity index (χ2v) is 4.00. The van der Waals surface area contributed by atoms with Gasteiger partial charge in [-0.05, 0) is 45.8 Å². The molecule has 2 atom stereocenters. The third kappa shape index (κ3) is 8.12. The summed E-state index contributed by atoms with van der Waals surface area (Å²) >= 11 is 0. The normalized spacial score (nSPS) is 24.0. The van der Waals surface area contributed by atoms with Crippen LogP contribution in [-0.4, -0.2) is 37.6 Å². The summed E-state index contributed by atoms with van der Waals surface area (Å²) in [7, 11) is 2.21. The van der Waals surface area contributed by atoms with E-state index in [-0.39, 0.29) is 0 Å². The molecule has 0 bridgehead atoms. The van der Waals surface area contributed by atoms with E-state index in [4.69, 9.17) is 0 Å². The van der Waals surface area contributed by atoms with Crippen molar-refractivity contribution in [3.8, 4) is 0 Å². The first kappa shape index (κ1) is 18.3. The van der Waals surface area contributed by atoms with Crippen LogP contribution in [0.3, 0.4) is 0 Å². The predicted molar refractivity (Wildman–Crippen MR) is 76.1 cm³/mol. The average Bonchev–Trinajstić information content (AvgIpc) is 2.37. The van der Waals surface area contributed by atoms with Gasteiger partial charge in [-0.25, -0.2) is 0 Å². The second kappa shape index (κ2) is 13.0. The minimum atomic E-state index is 0.716. The van der Waals surface area contributed by atoms with Crippen molar-refractivity contribution in [3.63, 3.8) is 0 Å². The highest BCUT2D eigenvalue weighted by atomic mass is 15.1. The molecule has 0 amide bonds. The van der Waals surface area contributed by atoms with Crippen molar-refractivity contribution in [1.29, 1.82) is 0 Å². The lowest BCUT2D eigenvalue weighted by molar-refractivity contribution is 0.212. The van der Waals surface area contributed by atoms with E-state index in [1.807, 2.05) is 27.7 Å². The van der Waals surface area contributed by atoms with Crippen LogP contribution in [0.5, 0.6) is 0 Å². The molecule has 0 saturated carbocycles. The Kier molecular flexibility index (Phi) is 14.8. The van der Waals surface area contributed by atoms with Gasteiger partial charge in [-0.2, -0.15) is 0 Å². The standard InChI is InChI=1S/C10H22N2.2C2H6/c1-4-12(3)8-10-6-5-7-11-9(10)2;2*1-2/h9-11H,4-8H2,1-3H3;2*1-2H3. The SMILES string of the molecule is CC.CC.CCN(C)CC1CCCNC1C. The Hall–Kier alpha value is -0.0800. The first-order valence-electron chi connectivity index (χ1n) is 7.16. The topological polar surface area (TPSA) is 15.3 Å². The molecule has 2 unspecified atom stereocenters. The smallest absolute Gasteiger partial charge is 0.00792 e. The highest BCUT2D eigenvalue weighted by Crippen LogP contribution is 2.16. The Morgan fingerprint density at radius 2 is 1.75 bits per heavy atom. The summed E-state index contributed by atoms with van der Waals surface area (Å²) in [5.41, 5.74) is 0. The quantitative estimate of drug-likeness (QED) is 0.799. The molecule has 0 radical (unpaired) electrons. The average molecular weight is 230 g/mol. The van der Waals surface area contributed by atoms with Crippen LogP contribution in [0.2, 0.25) is 0 Å². The zero-order chi connectivity index (χ0) is 13.0. The van der Waals surface area contributed by atoms with Crippen molar-refractivity contribution in [2.75, 3.05) is 26.7 Å². The highest BCUT2D eigenvalue weighted by molar-refractivity contribution is 4.79. The molecule has 2 nitrogen and oxygen atoms in total. The number of rotatable bonds is 3. The number of nitrogens with one attached hydrogen (secondary N) is 1. The Morgan fingerprint density at radius 1 is 1.19 bits per heavy atom. The molecule has 0 spiro atoms. The van der Waals surface area contributed by atoms with Gasteiger partial charge in [0.2, 0.25) is 0 Å². The van der Waals surface area contributed by atoms with Gasteiger partial charge in [-0.15, -0.1) is 0 Å². The van der Waals surface area contributed by atoms with Crippen molar-refractivity contribution >= 4 is 0 Å². The Bertz CT molecular complexity index is 126. The molecule has 1 fully saturated rings. The third-order valence-electron chi connectivity index (χ3n) is 3.01. The minimum Gasteiger partial charge on any atom is -0.314 e. The van der Waals surface area contributed by atoms with E-state index in [2.05, 4.69) is 31.1 Å². The lowest BCUT2D eigenvalue weighted by atomic mass is 9.91. The number of nitrogens with zero attached hydrogens (tertiary/aromatic N) is 1. The van der Waals surface area contributed by atoms with Crippen LogP contribution in [0.1, 0.15) is 54.4 Å². The molecular weight excluding hydrogens is 196 g/mol. The Morgan fingerprint density at radius 3 is 2.19 bits per heavy atom. The molecule has 100 valence electrons. The molecule has 0 aliphatic carbocycles. The highest BCUT2D eigenvalue weighted by Gasteiger charge is 2.21. The molecule has 1 aliphatic rings. The van der Waals surface area contributed by atoms with Crippen LogP contribution in [0.4, 0.5) is 0 Å². The van der Waals surface area contributed by atoms with Crippen molar-refractivity contribution in [2.45, 2.75) is 60.4 Å². The molecule has 16 heavy (non-hydrogen) atoms. The van der Waals surface area contributed by atoms with E-state index in [9.17, 15) is 0 Å². The van der Waals surface area contributed by atoms with Crippen molar-refractivity contribution in [2.24, 2.45) is 5.92 Å². The van der Waals surface area contributed by atoms with Gasteiger partial charge < -0.3 is 10.2 Å².